The maximum atomic E-state index is 4.20. The van der Waals surface area contributed by atoms with Crippen molar-refractivity contribution in [2.24, 2.45) is 10.4 Å². The molecule has 0 aromatic carbocycles. The molecule has 1 nitrogen and oxygen atoms in total. The molecule has 0 bridgehead atoms. The second kappa shape index (κ2) is 5.74. The van der Waals surface area contributed by atoms with E-state index < -0.39 is 0 Å². The fraction of sp³-hybridized carbons (Fsp3) is 0.583. The van der Waals surface area contributed by atoms with Gasteiger partial charge in [-0.1, -0.05) is 39.8 Å². The Bertz CT molecular complexity index is 214. The normalized spacial score (nSPS) is 14.7. The standard InChI is InChI=1S/C12H21N/c1-6-8-11(12(3,4)5)10-13-9-7-2/h7-10H,6H2,1-5H3/b9-7-,11-8-,13-10+. The minimum absolute atomic E-state index is 0.196. The third-order valence-corrected chi connectivity index (χ3v) is 1.74. The molecule has 0 atom stereocenters. The van der Waals surface area contributed by atoms with E-state index in [1.807, 2.05) is 25.4 Å². The maximum Gasteiger partial charge on any atom is 0.0301 e. The second-order valence-corrected chi connectivity index (χ2v) is 4.08. The summed E-state index contributed by atoms with van der Waals surface area (Å²) in [5, 5.41) is 0. The monoisotopic (exact) mass is 179 g/mol. The molecule has 13 heavy (non-hydrogen) atoms. The van der Waals surface area contributed by atoms with Crippen molar-refractivity contribution in [3.8, 4) is 0 Å². The Morgan fingerprint density at radius 1 is 1.31 bits per heavy atom. The molecule has 0 saturated carbocycles. The summed E-state index contributed by atoms with van der Waals surface area (Å²) in [7, 11) is 0. The molecule has 0 aliphatic rings. The highest BCUT2D eigenvalue weighted by Gasteiger charge is 2.13. The van der Waals surface area contributed by atoms with Crippen LogP contribution in [-0.2, 0) is 0 Å². The smallest absolute Gasteiger partial charge is 0.0301 e. The molecule has 0 radical (unpaired) electrons. The van der Waals surface area contributed by atoms with Gasteiger partial charge in [0.1, 0.15) is 0 Å². The van der Waals surface area contributed by atoms with Crippen LogP contribution in [-0.4, -0.2) is 6.21 Å². The zero-order valence-corrected chi connectivity index (χ0v) is 9.46. The van der Waals surface area contributed by atoms with Gasteiger partial charge in [-0.15, -0.1) is 0 Å². The molecular weight excluding hydrogens is 158 g/mol. The van der Waals surface area contributed by atoms with E-state index in [0.29, 0.717) is 0 Å². The van der Waals surface area contributed by atoms with Gasteiger partial charge in [0.05, 0.1) is 0 Å². The predicted molar refractivity (Wildman–Crippen MR) is 61.1 cm³/mol. The van der Waals surface area contributed by atoms with Crippen LogP contribution in [0, 0.1) is 5.41 Å². The van der Waals surface area contributed by atoms with Crippen LogP contribution in [0.5, 0.6) is 0 Å². The first kappa shape index (κ1) is 12.2. The average Bonchev–Trinajstić information content (AvgIpc) is 2.01. The topological polar surface area (TPSA) is 12.4 Å². The number of aliphatic imine (C=N–C) groups is 1. The first-order valence-corrected chi connectivity index (χ1v) is 4.87. The van der Waals surface area contributed by atoms with Gasteiger partial charge >= 0.3 is 0 Å². The zero-order chi connectivity index (χ0) is 10.3. The molecule has 0 amide bonds. The van der Waals surface area contributed by atoms with Gasteiger partial charge in [0.25, 0.3) is 0 Å². The van der Waals surface area contributed by atoms with E-state index >= 15 is 0 Å². The summed E-state index contributed by atoms with van der Waals surface area (Å²) in [6.07, 6.45) is 8.99. The van der Waals surface area contributed by atoms with Gasteiger partial charge in [0, 0.05) is 12.4 Å². The zero-order valence-electron chi connectivity index (χ0n) is 9.46. The molecule has 0 spiro atoms. The van der Waals surface area contributed by atoms with Crippen molar-refractivity contribution in [2.45, 2.75) is 41.0 Å². The lowest BCUT2D eigenvalue weighted by molar-refractivity contribution is 0.524. The summed E-state index contributed by atoms with van der Waals surface area (Å²) >= 11 is 0. The molecule has 0 unspecified atom stereocenters. The Morgan fingerprint density at radius 3 is 2.31 bits per heavy atom. The van der Waals surface area contributed by atoms with Crippen molar-refractivity contribution in [3.05, 3.63) is 23.9 Å². The molecule has 0 heterocycles. The Balaban J connectivity index is 4.55. The molecule has 0 N–H and O–H groups in total. The van der Waals surface area contributed by atoms with Crippen molar-refractivity contribution >= 4 is 6.21 Å². The van der Waals surface area contributed by atoms with Crippen molar-refractivity contribution < 1.29 is 0 Å². The summed E-state index contributed by atoms with van der Waals surface area (Å²) in [4.78, 5) is 4.20. The highest BCUT2D eigenvalue weighted by molar-refractivity contribution is 5.80. The van der Waals surface area contributed by atoms with Crippen molar-refractivity contribution in [1.82, 2.24) is 0 Å². The summed E-state index contributed by atoms with van der Waals surface area (Å²) in [6, 6.07) is 0. The van der Waals surface area contributed by atoms with Gasteiger partial charge in [-0.05, 0) is 24.3 Å². The van der Waals surface area contributed by atoms with Gasteiger partial charge in [0.15, 0.2) is 0 Å². The van der Waals surface area contributed by atoms with Crippen LogP contribution >= 0.6 is 0 Å². The minimum Gasteiger partial charge on any atom is -0.265 e. The van der Waals surface area contributed by atoms with Crippen LogP contribution < -0.4 is 0 Å². The lowest BCUT2D eigenvalue weighted by atomic mass is 9.86. The van der Waals surface area contributed by atoms with Crippen LogP contribution in [0.4, 0.5) is 0 Å². The Kier molecular flexibility index (Phi) is 5.36. The summed E-state index contributed by atoms with van der Waals surface area (Å²) in [5.41, 5.74) is 1.49. The lowest BCUT2D eigenvalue weighted by Gasteiger charge is -2.19. The number of nitrogens with zero attached hydrogens (tertiary/aromatic N) is 1. The minimum atomic E-state index is 0.196. The van der Waals surface area contributed by atoms with Crippen LogP contribution in [0.15, 0.2) is 28.9 Å². The van der Waals surface area contributed by atoms with Crippen LogP contribution in [0.25, 0.3) is 0 Å². The van der Waals surface area contributed by atoms with Crippen LogP contribution in [0.2, 0.25) is 0 Å². The summed E-state index contributed by atoms with van der Waals surface area (Å²) < 4.78 is 0. The Labute approximate surface area is 82.3 Å². The van der Waals surface area contributed by atoms with Crippen LogP contribution in [0.3, 0.4) is 0 Å². The predicted octanol–water partition coefficient (Wildman–Crippen LogP) is 3.97. The van der Waals surface area contributed by atoms with Crippen molar-refractivity contribution in [2.75, 3.05) is 0 Å². The average molecular weight is 179 g/mol. The summed E-state index contributed by atoms with van der Waals surface area (Å²) in [6.45, 7) is 10.7. The van der Waals surface area contributed by atoms with Gasteiger partial charge in [-0.3, -0.25) is 4.99 Å². The third kappa shape index (κ3) is 5.40. The molecule has 0 aliphatic heterocycles. The fourth-order valence-corrected chi connectivity index (χ4v) is 0.982. The Morgan fingerprint density at radius 2 is 1.92 bits per heavy atom. The van der Waals surface area contributed by atoms with Gasteiger partial charge in [0.2, 0.25) is 0 Å². The largest absolute Gasteiger partial charge is 0.265 e. The van der Waals surface area contributed by atoms with E-state index in [0.717, 1.165) is 6.42 Å². The van der Waals surface area contributed by atoms with Crippen LogP contribution in [0.1, 0.15) is 41.0 Å². The van der Waals surface area contributed by atoms with Gasteiger partial charge in [-0.25, -0.2) is 0 Å². The first-order chi connectivity index (χ1) is 6.02. The molecule has 0 aromatic rings. The molecule has 74 valence electrons. The van der Waals surface area contributed by atoms with Crippen molar-refractivity contribution in [3.63, 3.8) is 0 Å². The fourth-order valence-electron chi connectivity index (χ4n) is 0.982. The van der Waals surface area contributed by atoms with Crippen molar-refractivity contribution in [1.29, 1.82) is 0 Å². The molecule has 0 saturated heterocycles. The molecule has 0 rings (SSSR count). The quantitative estimate of drug-likeness (QED) is 0.581. The number of hydrogen-bond acceptors (Lipinski definition) is 1. The van der Waals surface area contributed by atoms with E-state index in [1.165, 1.54) is 5.57 Å². The maximum absolute atomic E-state index is 4.20. The SMILES string of the molecule is C\C=C/N=C/C(=C/CC)C(C)(C)C. The number of hydrogen-bond donors (Lipinski definition) is 0. The summed E-state index contributed by atoms with van der Waals surface area (Å²) in [5.74, 6) is 0. The third-order valence-electron chi connectivity index (χ3n) is 1.74. The van der Waals surface area contributed by atoms with E-state index in [1.54, 1.807) is 0 Å². The van der Waals surface area contributed by atoms with E-state index in [-0.39, 0.29) is 5.41 Å². The molecule has 0 aliphatic carbocycles. The molecular formula is C12H21N. The highest BCUT2D eigenvalue weighted by atomic mass is 14.7. The van der Waals surface area contributed by atoms with E-state index in [2.05, 4.69) is 38.8 Å². The second-order valence-electron chi connectivity index (χ2n) is 4.08. The molecule has 0 fully saturated rings. The van der Waals surface area contributed by atoms with Gasteiger partial charge < -0.3 is 0 Å². The number of allylic oxidation sites excluding steroid dienone is 3. The van der Waals surface area contributed by atoms with Gasteiger partial charge in [-0.2, -0.15) is 0 Å². The Hall–Kier alpha value is -0.850. The van der Waals surface area contributed by atoms with E-state index in [4.69, 9.17) is 0 Å². The first-order valence-electron chi connectivity index (χ1n) is 4.87. The molecule has 0 aromatic heterocycles. The molecule has 1 heteroatoms. The highest BCUT2D eigenvalue weighted by Crippen LogP contribution is 2.23. The van der Waals surface area contributed by atoms with E-state index in [9.17, 15) is 0 Å². The number of rotatable bonds is 3. The lowest BCUT2D eigenvalue weighted by Crippen LogP contribution is -2.10.